The Morgan fingerprint density at radius 3 is 2.73 bits per heavy atom. The highest BCUT2D eigenvalue weighted by Crippen LogP contribution is 2.31. The molecule has 2 nitrogen and oxygen atoms in total. The monoisotopic (exact) mass is 259 g/mol. The summed E-state index contributed by atoms with van der Waals surface area (Å²) in [5, 5.41) is 1.79. The maximum absolute atomic E-state index is 6.04. The van der Waals surface area contributed by atoms with E-state index in [1.54, 1.807) is 18.3 Å². The van der Waals surface area contributed by atoms with E-state index in [2.05, 4.69) is 4.98 Å². The SMILES string of the molecule is CSc1ncc(-c2ccc(Cl)cc2Cl)o1. The van der Waals surface area contributed by atoms with Gasteiger partial charge in [-0.05, 0) is 24.5 Å². The van der Waals surface area contributed by atoms with Crippen LogP contribution in [0.4, 0.5) is 0 Å². The molecule has 0 aliphatic heterocycles. The fraction of sp³-hybridized carbons (Fsp3) is 0.100. The third-order valence-electron chi connectivity index (χ3n) is 1.86. The van der Waals surface area contributed by atoms with Gasteiger partial charge >= 0.3 is 0 Å². The molecule has 0 aliphatic carbocycles. The van der Waals surface area contributed by atoms with Crippen LogP contribution in [0.5, 0.6) is 0 Å². The van der Waals surface area contributed by atoms with E-state index in [0.717, 1.165) is 5.56 Å². The van der Waals surface area contributed by atoms with Gasteiger partial charge in [0.15, 0.2) is 5.76 Å². The molecule has 0 N–H and O–H groups in total. The number of thioether (sulfide) groups is 1. The van der Waals surface area contributed by atoms with Crippen molar-refractivity contribution in [2.75, 3.05) is 6.26 Å². The van der Waals surface area contributed by atoms with Crippen molar-refractivity contribution in [2.24, 2.45) is 0 Å². The third-order valence-corrected chi connectivity index (χ3v) is 2.94. The van der Waals surface area contributed by atoms with E-state index in [1.165, 1.54) is 11.8 Å². The molecule has 2 aromatic rings. The molecule has 5 heteroatoms. The number of oxazole rings is 1. The number of hydrogen-bond acceptors (Lipinski definition) is 3. The van der Waals surface area contributed by atoms with E-state index in [4.69, 9.17) is 27.6 Å². The minimum Gasteiger partial charge on any atom is -0.431 e. The Balaban J connectivity index is 2.44. The molecule has 0 radical (unpaired) electrons. The minimum atomic E-state index is 0.561. The molecule has 1 aromatic heterocycles. The standard InChI is InChI=1S/C10H7Cl2NOS/c1-15-10-13-5-9(14-10)7-3-2-6(11)4-8(7)12/h2-5H,1H3. The largest absolute Gasteiger partial charge is 0.431 e. The molecule has 0 atom stereocenters. The molecule has 0 fully saturated rings. The van der Waals surface area contributed by atoms with E-state index >= 15 is 0 Å². The zero-order chi connectivity index (χ0) is 10.8. The van der Waals surface area contributed by atoms with Gasteiger partial charge in [-0.2, -0.15) is 0 Å². The van der Waals surface area contributed by atoms with Gasteiger partial charge in [-0.15, -0.1) is 0 Å². The molecule has 2 rings (SSSR count). The molecule has 78 valence electrons. The highest BCUT2D eigenvalue weighted by atomic mass is 35.5. The number of halogens is 2. The van der Waals surface area contributed by atoms with Gasteiger partial charge in [-0.1, -0.05) is 35.0 Å². The second kappa shape index (κ2) is 4.47. The van der Waals surface area contributed by atoms with Crippen LogP contribution < -0.4 is 0 Å². The summed E-state index contributed by atoms with van der Waals surface area (Å²) < 4.78 is 5.46. The van der Waals surface area contributed by atoms with E-state index in [1.807, 2.05) is 12.3 Å². The fourth-order valence-electron chi connectivity index (χ4n) is 1.17. The molecule has 0 saturated carbocycles. The minimum absolute atomic E-state index is 0.561. The third kappa shape index (κ3) is 2.30. The van der Waals surface area contributed by atoms with Crippen LogP contribution in [0.1, 0.15) is 0 Å². The summed E-state index contributed by atoms with van der Waals surface area (Å²) in [6, 6.07) is 5.26. The van der Waals surface area contributed by atoms with E-state index in [9.17, 15) is 0 Å². The summed E-state index contributed by atoms with van der Waals surface area (Å²) in [6.07, 6.45) is 3.56. The number of hydrogen-bond donors (Lipinski definition) is 0. The first kappa shape index (κ1) is 10.9. The summed E-state index contributed by atoms with van der Waals surface area (Å²) in [6.45, 7) is 0. The second-order valence-electron chi connectivity index (χ2n) is 2.82. The first-order chi connectivity index (χ1) is 7.20. The van der Waals surface area contributed by atoms with Gasteiger partial charge in [0, 0.05) is 10.6 Å². The lowest BCUT2D eigenvalue weighted by atomic mass is 10.2. The van der Waals surface area contributed by atoms with Crippen LogP contribution in [0.3, 0.4) is 0 Å². The van der Waals surface area contributed by atoms with Crippen molar-refractivity contribution in [3.63, 3.8) is 0 Å². The summed E-state index contributed by atoms with van der Waals surface area (Å²) in [5.41, 5.74) is 0.800. The highest BCUT2D eigenvalue weighted by molar-refractivity contribution is 7.98. The number of nitrogens with zero attached hydrogens (tertiary/aromatic N) is 1. The normalized spacial score (nSPS) is 10.6. The van der Waals surface area contributed by atoms with Gasteiger partial charge in [0.25, 0.3) is 5.22 Å². The van der Waals surface area contributed by atoms with Crippen molar-refractivity contribution in [1.29, 1.82) is 0 Å². The summed E-state index contributed by atoms with van der Waals surface area (Å²) in [5.74, 6) is 0.654. The van der Waals surface area contributed by atoms with Crippen LogP contribution in [-0.2, 0) is 0 Å². The van der Waals surface area contributed by atoms with Gasteiger partial charge in [0.1, 0.15) is 0 Å². The van der Waals surface area contributed by atoms with Crippen LogP contribution in [-0.4, -0.2) is 11.2 Å². The molecule has 0 unspecified atom stereocenters. The smallest absolute Gasteiger partial charge is 0.255 e. The van der Waals surface area contributed by atoms with Crippen molar-refractivity contribution in [2.45, 2.75) is 5.22 Å². The van der Waals surface area contributed by atoms with Crippen molar-refractivity contribution >= 4 is 35.0 Å². The summed E-state index contributed by atoms with van der Waals surface area (Å²) in [4.78, 5) is 4.08. The molecular weight excluding hydrogens is 253 g/mol. The molecule has 0 spiro atoms. The van der Waals surface area contributed by atoms with Crippen molar-refractivity contribution < 1.29 is 4.42 Å². The number of benzene rings is 1. The van der Waals surface area contributed by atoms with Crippen molar-refractivity contribution in [3.05, 3.63) is 34.4 Å². The summed E-state index contributed by atoms with van der Waals surface area (Å²) in [7, 11) is 0. The van der Waals surface area contributed by atoms with Crippen LogP contribution in [0.25, 0.3) is 11.3 Å². The fourth-order valence-corrected chi connectivity index (χ4v) is 2.00. The van der Waals surface area contributed by atoms with Gasteiger partial charge < -0.3 is 4.42 Å². The maximum atomic E-state index is 6.04. The lowest BCUT2D eigenvalue weighted by Crippen LogP contribution is -1.75. The molecule has 0 amide bonds. The average Bonchev–Trinajstić information content (AvgIpc) is 2.66. The van der Waals surface area contributed by atoms with Gasteiger partial charge in [-0.25, -0.2) is 4.98 Å². The predicted molar refractivity (Wildman–Crippen MR) is 63.7 cm³/mol. The predicted octanol–water partition coefficient (Wildman–Crippen LogP) is 4.37. The quantitative estimate of drug-likeness (QED) is 0.750. The zero-order valence-electron chi connectivity index (χ0n) is 7.83. The Labute approximate surface area is 102 Å². The zero-order valence-corrected chi connectivity index (χ0v) is 10.2. The van der Waals surface area contributed by atoms with Gasteiger partial charge in [-0.3, -0.25) is 0 Å². The molecule has 0 bridgehead atoms. The molecule has 1 heterocycles. The van der Waals surface area contributed by atoms with Gasteiger partial charge in [0.05, 0.1) is 11.2 Å². The maximum Gasteiger partial charge on any atom is 0.255 e. The van der Waals surface area contributed by atoms with Gasteiger partial charge in [0.2, 0.25) is 0 Å². The van der Waals surface area contributed by atoms with Crippen molar-refractivity contribution in [3.8, 4) is 11.3 Å². The Morgan fingerprint density at radius 2 is 2.13 bits per heavy atom. The van der Waals surface area contributed by atoms with E-state index in [0.29, 0.717) is 21.0 Å². The van der Waals surface area contributed by atoms with E-state index < -0.39 is 0 Å². The molecule has 0 saturated heterocycles. The summed E-state index contributed by atoms with van der Waals surface area (Å²) >= 11 is 13.3. The Hall–Kier alpha value is -0.640. The Kier molecular flexibility index (Phi) is 3.24. The molecule has 0 aliphatic rings. The molecule has 15 heavy (non-hydrogen) atoms. The number of rotatable bonds is 2. The van der Waals surface area contributed by atoms with Crippen LogP contribution in [0.2, 0.25) is 10.0 Å². The first-order valence-electron chi connectivity index (χ1n) is 4.16. The van der Waals surface area contributed by atoms with Crippen LogP contribution in [0.15, 0.2) is 34.0 Å². The van der Waals surface area contributed by atoms with Crippen molar-refractivity contribution in [1.82, 2.24) is 4.98 Å². The Morgan fingerprint density at radius 1 is 1.33 bits per heavy atom. The lowest BCUT2D eigenvalue weighted by molar-refractivity contribution is 0.467. The van der Waals surface area contributed by atoms with E-state index in [-0.39, 0.29) is 0 Å². The molecule has 1 aromatic carbocycles. The highest BCUT2D eigenvalue weighted by Gasteiger charge is 2.09. The molecular formula is C10H7Cl2NOS. The Bertz CT molecular complexity index is 484. The second-order valence-corrected chi connectivity index (χ2v) is 4.42. The van der Waals surface area contributed by atoms with Crippen LogP contribution >= 0.6 is 35.0 Å². The first-order valence-corrected chi connectivity index (χ1v) is 6.14. The average molecular weight is 260 g/mol. The topological polar surface area (TPSA) is 26.0 Å². The van der Waals surface area contributed by atoms with Crippen LogP contribution in [0, 0.1) is 0 Å². The lowest BCUT2D eigenvalue weighted by Gasteiger charge is -1.99. The number of aromatic nitrogens is 1.